The van der Waals surface area contributed by atoms with Gasteiger partial charge in [0.1, 0.15) is 6.33 Å². The number of aromatic nitrogens is 2. The van der Waals surface area contributed by atoms with E-state index >= 15 is 0 Å². The van der Waals surface area contributed by atoms with Gasteiger partial charge in [0.2, 0.25) is 5.88 Å². The number of hydrogen-bond acceptors (Lipinski definition) is 4. The van der Waals surface area contributed by atoms with E-state index < -0.39 is 0 Å². The van der Waals surface area contributed by atoms with Gasteiger partial charge in [-0.2, -0.15) is 0 Å². The van der Waals surface area contributed by atoms with Crippen molar-refractivity contribution < 1.29 is 4.74 Å². The minimum Gasteiger partial charge on any atom is -0.477 e. The van der Waals surface area contributed by atoms with Crippen LogP contribution in [0.25, 0.3) is 0 Å². The van der Waals surface area contributed by atoms with Crippen LogP contribution in [0.5, 0.6) is 5.88 Å². The molecule has 0 radical (unpaired) electrons. The third-order valence-electron chi connectivity index (χ3n) is 3.06. The van der Waals surface area contributed by atoms with Crippen LogP contribution in [0.1, 0.15) is 46.1 Å². The van der Waals surface area contributed by atoms with Crippen LogP contribution in [-0.2, 0) is 6.54 Å². The van der Waals surface area contributed by atoms with Crippen molar-refractivity contribution in [2.24, 2.45) is 5.92 Å². The average molecular weight is 251 g/mol. The normalized spacial score (nSPS) is 11.2. The maximum absolute atomic E-state index is 5.82. The topological polar surface area (TPSA) is 47.0 Å². The molecule has 0 saturated carbocycles. The molecule has 0 atom stereocenters. The van der Waals surface area contributed by atoms with E-state index in [2.05, 4.69) is 43.0 Å². The van der Waals surface area contributed by atoms with Crippen molar-refractivity contribution in [1.29, 1.82) is 0 Å². The number of hydrogen-bond donors (Lipinski definition) is 1. The molecule has 1 aromatic rings. The molecule has 0 saturated heterocycles. The minimum atomic E-state index is 0.442. The fourth-order valence-electron chi connectivity index (χ4n) is 1.63. The lowest BCUT2D eigenvalue weighted by molar-refractivity contribution is 0.229. The Balaban J connectivity index is 2.58. The lowest BCUT2D eigenvalue weighted by atomic mass is 10.1. The zero-order chi connectivity index (χ0) is 13.4. The summed E-state index contributed by atoms with van der Waals surface area (Å²) in [7, 11) is 0. The van der Waals surface area contributed by atoms with Crippen LogP contribution in [0, 0.1) is 5.92 Å². The largest absolute Gasteiger partial charge is 0.477 e. The summed E-state index contributed by atoms with van der Waals surface area (Å²) in [5.41, 5.74) is 1.03. The molecule has 0 amide bonds. The molecule has 102 valence electrons. The molecule has 0 aliphatic rings. The van der Waals surface area contributed by atoms with Crippen molar-refractivity contribution in [2.75, 3.05) is 6.61 Å². The summed E-state index contributed by atoms with van der Waals surface area (Å²) < 4.78 is 5.82. The van der Waals surface area contributed by atoms with Crippen LogP contribution in [0.4, 0.5) is 0 Å². The Kier molecular flexibility index (Phi) is 6.65. The molecule has 0 unspecified atom stereocenters. The van der Waals surface area contributed by atoms with Gasteiger partial charge < -0.3 is 10.1 Å². The summed E-state index contributed by atoms with van der Waals surface area (Å²) in [5.74, 6) is 1.32. The third kappa shape index (κ3) is 5.00. The van der Waals surface area contributed by atoms with Gasteiger partial charge in [-0.3, -0.25) is 0 Å². The van der Waals surface area contributed by atoms with Gasteiger partial charge >= 0.3 is 0 Å². The summed E-state index contributed by atoms with van der Waals surface area (Å²) in [5, 5.41) is 3.36. The molecule has 18 heavy (non-hydrogen) atoms. The van der Waals surface area contributed by atoms with Gasteiger partial charge in [-0.1, -0.05) is 40.5 Å². The molecule has 1 N–H and O–H groups in total. The second-order valence-electron chi connectivity index (χ2n) is 4.88. The van der Waals surface area contributed by atoms with Gasteiger partial charge in [0.25, 0.3) is 0 Å². The molecular weight excluding hydrogens is 226 g/mol. The lowest BCUT2D eigenvalue weighted by Crippen LogP contribution is -2.23. The Morgan fingerprint density at radius 2 is 2.00 bits per heavy atom. The monoisotopic (exact) mass is 251 g/mol. The summed E-state index contributed by atoms with van der Waals surface area (Å²) in [6.45, 7) is 10.1. The molecule has 0 aliphatic carbocycles. The highest BCUT2D eigenvalue weighted by atomic mass is 16.5. The standard InChI is InChI=1S/C14H25N3O/c1-5-12(6-2)9-18-14-13(7-15-10-17-14)8-16-11(3)4/h7,10-12,16H,5-6,8-9H2,1-4H3. The first kappa shape index (κ1) is 14.9. The highest BCUT2D eigenvalue weighted by molar-refractivity contribution is 5.21. The summed E-state index contributed by atoms with van der Waals surface area (Å²) in [4.78, 5) is 8.28. The maximum Gasteiger partial charge on any atom is 0.220 e. The van der Waals surface area contributed by atoms with Crippen molar-refractivity contribution in [3.8, 4) is 5.88 Å². The predicted molar refractivity (Wildman–Crippen MR) is 73.6 cm³/mol. The molecule has 1 heterocycles. The van der Waals surface area contributed by atoms with Crippen LogP contribution >= 0.6 is 0 Å². The van der Waals surface area contributed by atoms with E-state index in [-0.39, 0.29) is 0 Å². The van der Waals surface area contributed by atoms with Crippen LogP contribution < -0.4 is 10.1 Å². The van der Waals surface area contributed by atoms with Crippen LogP contribution in [0.15, 0.2) is 12.5 Å². The van der Waals surface area contributed by atoms with Gasteiger partial charge in [-0.15, -0.1) is 0 Å². The number of rotatable bonds is 8. The Morgan fingerprint density at radius 1 is 1.28 bits per heavy atom. The van der Waals surface area contributed by atoms with Gasteiger partial charge in [0.05, 0.1) is 6.61 Å². The molecule has 4 nitrogen and oxygen atoms in total. The SMILES string of the molecule is CCC(CC)COc1ncncc1CNC(C)C. The quantitative estimate of drug-likeness (QED) is 0.771. The fraction of sp³-hybridized carbons (Fsp3) is 0.714. The molecule has 0 bridgehead atoms. The molecule has 0 aromatic carbocycles. The summed E-state index contributed by atoms with van der Waals surface area (Å²) >= 11 is 0. The van der Waals surface area contributed by atoms with E-state index in [1.807, 2.05) is 6.20 Å². The molecule has 0 spiro atoms. The van der Waals surface area contributed by atoms with Crippen molar-refractivity contribution in [3.05, 3.63) is 18.1 Å². The molecule has 4 heteroatoms. The van der Waals surface area contributed by atoms with Crippen LogP contribution in [-0.4, -0.2) is 22.6 Å². The highest BCUT2D eigenvalue weighted by Crippen LogP contribution is 2.16. The molecule has 1 rings (SSSR count). The van der Waals surface area contributed by atoms with Crippen molar-refractivity contribution >= 4 is 0 Å². The van der Waals surface area contributed by atoms with E-state index in [0.29, 0.717) is 17.8 Å². The van der Waals surface area contributed by atoms with E-state index in [9.17, 15) is 0 Å². The first-order valence-electron chi connectivity index (χ1n) is 6.82. The average Bonchev–Trinajstić information content (AvgIpc) is 2.38. The Labute approximate surface area is 110 Å². The Bertz CT molecular complexity index is 338. The molecule has 0 aliphatic heterocycles. The number of nitrogens with zero attached hydrogens (tertiary/aromatic N) is 2. The first-order valence-corrected chi connectivity index (χ1v) is 6.82. The van der Waals surface area contributed by atoms with E-state index in [1.165, 1.54) is 0 Å². The molecule has 1 aromatic heterocycles. The highest BCUT2D eigenvalue weighted by Gasteiger charge is 2.09. The van der Waals surface area contributed by atoms with E-state index in [0.717, 1.165) is 31.6 Å². The van der Waals surface area contributed by atoms with Crippen molar-refractivity contribution in [2.45, 2.75) is 53.1 Å². The van der Waals surface area contributed by atoms with E-state index in [4.69, 9.17) is 4.74 Å². The fourth-order valence-corrected chi connectivity index (χ4v) is 1.63. The van der Waals surface area contributed by atoms with E-state index in [1.54, 1.807) is 6.33 Å². The Hall–Kier alpha value is -1.16. The minimum absolute atomic E-state index is 0.442. The van der Waals surface area contributed by atoms with Gasteiger partial charge in [-0.05, 0) is 5.92 Å². The third-order valence-corrected chi connectivity index (χ3v) is 3.06. The van der Waals surface area contributed by atoms with Crippen LogP contribution in [0.2, 0.25) is 0 Å². The number of ether oxygens (including phenoxy) is 1. The second kappa shape index (κ2) is 8.03. The predicted octanol–water partition coefficient (Wildman–Crippen LogP) is 2.79. The maximum atomic E-state index is 5.82. The zero-order valence-corrected chi connectivity index (χ0v) is 11.9. The van der Waals surface area contributed by atoms with Gasteiger partial charge in [0.15, 0.2) is 0 Å². The van der Waals surface area contributed by atoms with Gasteiger partial charge in [0, 0.05) is 24.3 Å². The van der Waals surface area contributed by atoms with Crippen molar-refractivity contribution in [3.63, 3.8) is 0 Å². The smallest absolute Gasteiger partial charge is 0.220 e. The lowest BCUT2D eigenvalue weighted by Gasteiger charge is -2.15. The van der Waals surface area contributed by atoms with Crippen molar-refractivity contribution in [1.82, 2.24) is 15.3 Å². The first-order chi connectivity index (χ1) is 8.67. The molecular formula is C14H25N3O. The Morgan fingerprint density at radius 3 is 2.61 bits per heavy atom. The second-order valence-corrected chi connectivity index (χ2v) is 4.88. The van der Waals surface area contributed by atoms with Crippen LogP contribution in [0.3, 0.4) is 0 Å². The summed E-state index contributed by atoms with van der Waals surface area (Å²) in [6.07, 6.45) is 5.65. The number of nitrogens with one attached hydrogen (secondary N) is 1. The zero-order valence-electron chi connectivity index (χ0n) is 11.9. The van der Waals surface area contributed by atoms with Gasteiger partial charge in [-0.25, -0.2) is 9.97 Å². The molecule has 0 fully saturated rings. The summed E-state index contributed by atoms with van der Waals surface area (Å²) in [6, 6.07) is 0.442.